The van der Waals surface area contributed by atoms with Gasteiger partial charge in [0.05, 0.1) is 5.57 Å². The maximum atomic E-state index is 10.7. The van der Waals surface area contributed by atoms with Gasteiger partial charge in [-0.2, -0.15) is 0 Å². The maximum Gasteiger partial charge on any atom is 0.334 e. The Morgan fingerprint density at radius 2 is 1.93 bits per heavy atom. The Balaban J connectivity index is 2.96. The van der Waals surface area contributed by atoms with Gasteiger partial charge in [-0.15, -0.1) is 0 Å². The van der Waals surface area contributed by atoms with E-state index < -0.39 is 12.1 Å². The van der Waals surface area contributed by atoms with Gasteiger partial charge in [0.2, 0.25) is 0 Å². The zero-order chi connectivity index (χ0) is 10.6. The van der Waals surface area contributed by atoms with Crippen LogP contribution in [0.25, 0.3) is 0 Å². The minimum atomic E-state index is -1.09. The first kappa shape index (κ1) is 10.5. The first-order valence-corrected chi connectivity index (χ1v) is 4.29. The predicted octanol–water partition coefficient (Wildman–Crippen LogP) is 1.75. The van der Waals surface area contributed by atoms with Crippen LogP contribution in [0.1, 0.15) is 18.6 Å². The zero-order valence-corrected chi connectivity index (χ0v) is 7.84. The summed E-state index contributed by atoms with van der Waals surface area (Å²) in [7, 11) is 0. The summed E-state index contributed by atoms with van der Waals surface area (Å²) in [6, 6.07) is 8.71. The second-order valence-electron chi connectivity index (χ2n) is 2.86. The van der Waals surface area contributed by atoms with E-state index in [0.29, 0.717) is 5.56 Å². The Kier molecular flexibility index (Phi) is 3.42. The van der Waals surface area contributed by atoms with Crippen LogP contribution >= 0.6 is 0 Å². The third kappa shape index (κ3) is 2.20. The van der Waals surface area contributed by atoms with Gasteiger partial charge >= 0.3 is 5.97 Å². The fraction of sp³-hybridized carbons (Fsp3) is 0.182. The number of carboxylic acids is 1. The average molecular weight is 192 g/mol. The van der Waals surface area contributed by atoms with Crippen molar-refractivity contribution < 1.29 is 15.0 Å². The molecular weight excluding hydrogens is 180 g/mol. The molecule has 0 saturated carbocycles. The summed E-state index contributed by atoms with van der Waals surface area (Å²) in [5.41, 5.74) is 0.583. The predicted molar refractivity (Wildman–Crippen MR) is 52.8 cm³/mol. The molecule has 0 aromatic heterocycles. The Morgan fingerprint density at radius 1 is 1.36 bits per heavy atom. The van der Waals surface area contributed by atoms with Gasteiger partial charge in [-0.25, -0.2) is 4.79 Å². The Labute approximate surface area is 82.3 Å². The molecule has 0 radical (unpaired) electrons. The highest BCUT2D eigenvalue weighted by Gasteiger charge is 2.18. The normalized spacial score (nSPS) is 13.7. The number of carbonyl (C=O) groups is 1. The molecule has 14 heavy (non-hydrogen) atoms. The van der Waals surface area contributed by atoms with E-state index in [4.69, 9.17) is 5.11 Å². The molecule has 0 fully saturated rings. The molecule has 1 aromatic rings. The smallest absolute Gasteiger partial charge is 0.334 e. The maximum absolute atomic E-state index is 10.7. The number of hydrogen-bond acceptors (Lipinski definition) is 2. The van der Waals surface area contributed by atoms with E-state index in [-0.39, 0.29) is 5.57 Å². The lowest BCUT2D eigenvalue weighted by Gasteiger charge is -2.10. The summed E-state index contributed by atoms with van der Waals surface area (Å²) in [6.45, 7) is 1.59. The monoisotopic (exact) mass is 192 g/mol. The average Bonchev–Trinajstić information content (AvgIpc) is 2.19. The van der Waals surface area contributed by atoms with Gasteiger partial charge in [-0.05, 0) is 12.5 Å². The van der Waals surface area contributed by atoms with Crippen LogP contribution in [0.3, 0.4) is 0 Å². The minimum Gasteiger partial charge on any atom is -0.478 e. The Bertz CT molecular complexity index is 341. The van der Waals surface area contributed by atoms with Gasteiger partial charge in [-0.3, -0.25) is 0 Å². The van der Waals surface area contributed by atoms with Crippen molar-refractivity contribution >= 4 is 5.97 Å². The van der Waals surface area contributed by atoms with Crippen molar-refractivity contribution in [1.82, 2.24) is 0 Å². The van der Waals surface area contributed by atoms with E-state index in [9.17, 15) is 9.90 Å². The zero-order valence-electron chi connectivity index (χ0n) is 7.84. The fourth-order valence-corrected chi connectivity index (χ4v) is 1.21. The highest BCUT2D eigenvalue weighted by molar-refractivity contribution is 5.87. The third-order valence-electron chi connectivity index (χ3n) is 1.97. The molecule has 1 rings (SSSR count). The van der Waals surface area contributed by atoms with E-state index in [1.165, 1.54) is 6.08 Å². The molecule has 74 valence electrons. The SMILES string of the molecule is C/C=C(/C(=O)O)C(O)c1ccccc1. The van der Waals surface area contributed by atoms with Crippen LogP contribution in [0.15, 0.2) is 42.0 Å². The lowest BCUT2D eigenvalue weighted by atomic mass is 10.0. The molecule has 0 aliphatic rings. The van der Waals surface area contributed by atoms with Crippen LogP contribution in [0.2, 0.25) is 0 Å². The highest BCUT2D eigenvalue weighted by Crippen LogP contribution is 2.20. The van der Waals surface area contributed by atoms with Crippen molar-refractivity contribution in [2.24, 2.45) is 0 Å². The molecule has 3 nitrogen and oxygen atoms in total. The van der Waals surface area contributed by atoms with Crippen LogP contribution in [0, 0.1) is 0 Å². The second-order valence-corrected chi connectivity index (χ2v) is 2.86. The number of hydrogen-bond donors (Lipinski definition) is 2. The molecule has 0 bridgehead atoms. The van der Waals surface area contributed by atoms with E-state index in [0.717, 1.165) is 0 Å². The first-order chi connectivity index (χ1) is 6.66. The second kappa shape index (κ2) is 4.58. The molecule has 1 atom stereocenters. The first-order valence-electron chi connectivity index (χ1n) is 4.29. The molecule has 1 unspecified atom stereocenters. The molecule has 0 saturated heterocycles. The van der Waals surface area contributed by atoms with Crippen LogP contribution in [-0.2, 0) is 4.79 Å². The largest absolute Gasteiger partial charge is 0.478 e. The van der Waals surface area contributed by atoms with Gasteiger partial charge in [0.25, 0.3) is 0 Å². The highest BCUT2D eigenvalue weighted by atomic mass is 16.4. The van der Waals surface area contributed by atoms with Crippen molar-refractivity contribution in [1.29, 1.82) is 0 Å². The molecule has 0 spiro atoms. The number of carboxylic acid groups (broad SMARTS) is 1. The van der Waals surface area contributed by atoms with Crippen molar-refractivity contribution in [3.8, 4) is 0 Å². The summed E-state index contributed by atoms with van der Waals surface area (Å²) < 4.78 is 0. The summed E-state index contributed by atoms with van der Waals surface area (Å²) in [4.78, 5) is 10.7. The quantitative estimate of drug-likeness (QED) is 0.717. The molecule has 0 aliphatic heterocycles. The number of aliphatic hydroxyl groups excluding tert-OH is 1. The molecule has 1 aromatic carbocycles. The lowest BCUT2D eigenvalue weighted by molar-refractivity contribution is -0.133. The summed E-state index contributed by atoms with van der Waals surface area (Å²) in [6.07, 6.45) is 0.346. The molecule has 2 N–H and O–H groups in total. The number of aliphatic hydroxyl groups is 1. The van der Waals surface area contributed by atoms with Crippen LogP contribution in [-0.4, -0.2) is 16.2 Å². The van der Waals surface area contributed by atoms with Gasteiger partial charge in [0.1, 0.15) is 6.10 Å². The number of aliphatic carboxylic acids is 1. The molecule has 0 heterocycles. The lowest BCUT2D eigenvalue weighted by Crippen LogP contribution is -2.10. The number of allylic oxidation sites excluding steroid dienone is 1. The molecule has 0 aliphatic carbocycles. The van der Waals surface area contributed by atoms with Crippen molar-refractivity contribution in [2.75, 3.05) is 0 Å². The summed E-state index contributed by atoms with van der Waals surface area (Å²) in [5, 5.41) is 18.5. The van der Waals surface area contributed by atoms with Crippen molar-refractivity contribution in [3.63, 3.8) is 0 Å². The van der Waals surface area contributed by atoms with Gasteiger partial charge in [0.15, 0.2) is 0 Å². The minimum absolute atomic E-state index is 0.00352. The van der Waals surface area contributed by atoms with E-state index in [1.807, 2.05) is 6.07 Å². The van der Waals surface area contributed by atoms with Crippen LogP contribution in [0.5, 0.6) is 0 Å². The molecule has 3 heteroatoms. The molecular formula is C11H12O3. The number of benzene rings is 1. The number of rotatable bonds is 3. The fourth-order valence-electron chi connectivity index (χ4n) is 1.21. The van der Waals surface area contributed by atoms with E-state index >= 15 is 0 Å². The van der Waals surface area contributed by atoms with Gasteiger partial charge in [-0.1, -0.05) is 36.4 Å². The van der Waals surface area contributed by atoms with E-state index in [2.05, 4.69) is 0 Å². The van der Waals surface area contributed by atoms with Gasteiger partial charge in [0, 0.05) is 0 Å². The Morgan fingerprint density at radius 3 is 2.36 bits per heavy atom. The standard InChI is InChI=1S/C11H12O3/c1-2-9(11(13)14)10(12)8-6-4-3-5-7-8/h2-7,10,12H,1H3,(H,13,14)/b9-2+. The van der Waals surface area contributed by atoms with Crippen molar-refractivity contribution in [2.45, 2.75) is 13.0 Å². The van der Waals surface area contributed by atoms with E-state index in [1.54, 1.807) is 31.2 Å². The summed E-state index contributed by atoms with van der Waals surface area (Å²) in [5.74, 6) is -1.09. The van der Waals surface area contributed by atoms with Gasteiger partial charge < -0.3 is 10.2 Å². The Hall–Kier alpha value is -1.61. The third-order valence-corrected chi connectivity index (χ3v) is 1.97. The molecule has 0 amide bonds. The van der Waals surface area contributed by atoms with Crippen LogP contribution in [0.4, 0.5) is 0 Å². The van der Waals surface area contributed by atoms with Crippen LogP contribution < -0.4 is 0 Å². The summed E-state index contributed by atoms with van der Waals surface area (Å²) >= 11 is 0. The van der Waals surface area contributed by atoms with Crippen molar-refractivity contribution in [3.05, 3.63) is 47.5 Å². The topological polar surface area (TPSA) is 57.5 Å².